The van der Waals surface area contributed by atoms with E-state index in [4.69, 9.17) is 0 Å². The van der Waals surface area contributed by atoms with Crippen molar-refractivity contribution in [3.63, 3.8) is 0 Å². The maximum Gasteiger partial charge on any atom is 0.246 e. The predicted octanol–water partition coefficient (Wildman–Crippen LogP) is 1.93. The molecule has 1 aromatic carbocycles. The van der Waals surface area contributed by atoms with Crippen LogP contribution in [0.15, 0.2) is 35.2 Å². The summed E-state index contributed by atoms with van der Waals surface area (Å²) in [7, 11) is -3.50. The number of nitrogens with one attached hydrogen (secondary N) is 1. The van der Waals surface area contributed by atoms with Crippen LogP contribution >= 0.6 is 0 Å². The molecule has 0 saturated carbocycles. The highest BCUT2D eigenvalue weighted by Crippen LogP contribution is 2.24. The summed E-state index contributed by atoms with van der Waals surface area (Å²) in [6, 6.07) is 10.1. The van der Waals surface area contributed by atoms with Gasteiger partial charge in [0.2, 0.25) is 10.0 Å². The quantitative estimate of drug-likeness (QED) is 0.931. The second-order valence-corrected chi connectivity index (χ2v) is 7.72. The molecule has 0 atom stereocenters. The number of H-pyrrole nitrogens is 1. The van der Waals surface area contributed by atoms with E-state index in [0.717, 1.165) is 18.7 Å². The van der Waals surface area contributed by atoms with E-state index in [9.17, 15) is 8.42 Å². The van der Waals surface area contributed by atoms with Gasteiger partial charge < -0.3 is 4.90 Å². The van der Waals surface area contributed by atoms with Gasteiger partial charge in [-0.05, 0) is 32.4 Å². The minimum absolute atomic E-state index is 0.325. The first-order valence-electron chi connectivity index (χ1n) is 7.82. The van der Waals surface area contributed by atoms with Crippen molar-refractivity contribution < 1.29 is 8.42 Å². The van der Waals surface area contributed by atoms with Crippen LogP contribution in [0.2, 0.25) is 0 Å². The lowest BCUT2D eigenvalue weighted by Gasteiger charge is -2.23. The fraction of sp³-hybridized carbons (Fsp3) is 0.438. The van der Waals surface area contributed by atoms with E-state index in [1.165, 1.54) is 0 Å². The zero-order chi connectivity index (χ0) is 16.4. The number of sulfonamides is 1. The molecule has 6 nitrogen and oxygen atoms in total. The molecular weight excluding hydrogens is 312 g/mol. The van der Waals surface area contributed by atoms with Crippen LogP contribution in [0.25, 0.3) is 0 Å². The van der Waals surface area contributed by atoms with E-state index in [1.54, 1.807) is 18.2 Å². The molecule has 1 fully saturated rings. The van der Waals surface area contributed by atoms with Gasteiger partial charge in [0, 0.05) is 31.9 Å². The highest BCUT2D eigenvalue weighted by atomic mass is 32.2. The van der Waals surface area contributed by atoms with Crippen LogP contribution in [0.5, 0.6) is 0 Å². The van der Waals surface area contributed by atoms with Crippen molar-refractivity contribution in [1.82, 2.24) is 14.5 Å². The molecule has 1 aromatic heterocycles. The molecular formula is C16H22N4O2S. The van der Waals surface area contributed by atoms with Crippen molar-refractivity contribution in [3.8, 4) is 0 Å². The topological polar surface area (TPSA) is 69.3 Å². The maximum atomic E-state index is 12.9. The van der Waals surface area contributed by atoms with Crippen LogP contribution < -0.4 is 4.90 Å². The van der Waals surface area contributed by atoms with E-state index < -0.39 is 10.0 Å². The molecule has 0 amide bonds. The second kappa shape index (κ2) is 6.33. The number of aryl methyl sites for hydroxylation is 2. The normalized spacial score (nSPS) is 17.2. The van der Waals surface area contributed by atoms with Gasteiger partial charge in [-0.2, -0.15) is 9.40 Å². The number of rotatable bonds is 3. The lowest BCUT2D eigenvalue weighted by atomic mass is 10.3. The third-order valence-electron chi connectivity index (χ3n) is 4.23. The molecule has 124 valence electrons. The number of aromatic amines is 1. The first kappa shape index (κ1) is 16.0. The molecule has 0 bridgehead atoms. The Balaban J connectivity index is 1.80. The summed E-state index contributed by atoms with van der Waals surface area (Å²) in [5.41, 5.74) is 2.28. The summed E-state index contributed by atoms with van der Waals surface area (Å²) in [4.78, 5) is 2.57. The van der Waals surface area contributed by atoms with Crippen LogP contribution in [0.1, 0.15) is 17.8 Å². The Bertz CT molecular complexity index is 751. The molecule has 1 saturated heterocycles. The monoisotopic (exact) mass is 334 g/mol. The van der Waals surface area contributed by atoms with Crippen molar-refractivity contribution in [2.24, 2.45) is 0 Å². The van der Waals surface area contributed by atoms with Crippen molar-refractivity contribution in [1.29, 1.82) is 0 Å². The van der Waals surface area contributed by atoms with Gasteiger partial charge >= 0.3 is 0 Å². The molecule has 0 radical (unpaired) electrons. The Morgan fingerprint density at radius 1 is 1.04 bits per heavy atom. The summed E-state index contributed by atoms with van der Waals surface area (Å²) in [5.74, 6) is 0. The molecule has 1 N–H and O–H groups in total. The van der Waals surface area contributed by atoms with E-state index in [0.29, 0.717) is 35.9 Å². The van der Waals surface area contributed by atoms with Gasteiger partial charge in [0.05, 0.1) is 11.4 Å². The molecule has 0 spiro atoms. The number of nitrogens with zero attached hydrogens (tertiary/aromatic N) is 3. The average Bonchev–Trinajstić information content (AvgIpc) is 2.76. The number of anilines is 1. The largest absolute Gasteiger partial charge is 0.370 e. The smallest absolute Gasteiger partial charge is 0.246 e. The lowest BCUT2D eigenvalue weighted by molar-refractivity contribution is 0.432. The highest BCUT2D eigenvalue weighted by molar-refractivity contribution is 7.89. The summed E-state index contributed by atoms with van der Waals surface area (Å²) < 4.78 is 27.5. The fourth-order valence-electron chi connectivity index (χ4n) is 3.08. The van der Waals surface area contributed by atoms with E-state index >= 15 is 0 Å². The van der Waals surface area contributed by atoms with Gasteiger partial charge in [-0.25, -0.2) is 8.42 Å². The zero-order valence-corrected chi connectivity index (χ0v) is 14.3. The standard InChI is InChI=1S/C16H22N4O2S/c1-13-16(14(2)18-17-13)23(21,22)20-10-6-9-19(11-12-20)15-7-4-3-5-8-15/h3-5,7-8H,6,9-12H2,1-2H3,(H,17,18). The summed E-state index contributed by atoms with van der Waals surface area (Å²) in [6.45, 7) is 6.06. The van der Waals surface area contributed by atoms with Crippen LogP contribution in [0.4, 0.5) is 5.69 Å². The maximum absolute atomic E-state index is 12.9. The van der Waals surface area contributed by atoms with Crippen LogP contribution in [-0.4, -0.2) is 49.1 Å². The Labute approximate surface area is 137 Å². The van der Waals surface area contributed by atoms with Crippen molar-refractivity contribution in [3.05, 3.63) is 41.7 Å². The molecule has 2 heterocycles. The van der Waals surface area contributed by atoms with Gasteiger partial charge in [0.1, 0.15) is 4.90 Å². The number of benzene rings is 1. The number of hydrogen-bond donors (Lipinski definition) is 1. The first-order chi connectivity index (χ1) is 11.0. The number of hydrogen-bond acceptors (Lipinski definition) is 4. The molecule has 1 aliphatic rings. The number of para-hydroxylation sites is 1. The first-order valence-corrected chi connectivity index (χ1v) is 9.26. The highest BCUT2D eigenvalue weighted by Gasteiger charge is 2.31. The van der Waals surface area contributed by atoms with Crippen molar-refractivity contribution in [2.45, 2.75) is 25.2 Å². The Hall–Kier alpha value is -1.86. The molecule has 0 aliphatic carbocycles. The summed E-state index contributed by atoms with van der Waals surface area (Å²) in [5, 5.41) is 6.79. The third-order valence-corrected chi connectivity index (χ3v) is 6.40. The van der Waals surface area contributed by atoms with Gasteiger partial charge in [0.25, 0.3) is 0 Å². The van der Waals surface area contributed by atoms with Gasteiger partial charge in [0.15, 0.2) is 0 Å². The number of aromatic nitrogens is 2. The zero-order valence-electron chi connectivity index (χ0n) is 13.5. The van der Waals surface area contributed by atoms with E-state index in [-0.39, 0.29) is 0 Å². The van der Waals surface area contributed by atoms with Crippen molar-refractivity contribution >= 4 is 15.7 Å². The van der Waals surface area contributed by atoms with Crippen LogP contribution in [-0.2, 0) is 10.0 Å². The summed E-state index contributed by atoms with van der Waals surface area (Å²) in [6.07, 6.45) is 0.810. The molecule has 7 heteroatoms. The van der Waals surface area contributed by atoms with Gasteiger partial charge in [-0.3, -0.25) is 5.10 Å². The van der Waals surface area contributed by atoms with Crippen LogP contribution in [0, 0.1) is 13.8 Å². The predicted molar refractivity (Wildman–Crippen MR) is 90.1 cm³/mol. The Kier molecular flexibility index (Phi) is 4.41. The minimum Gasteiger partial charge on any atom is -0.370 e. The van der Waals surface area contributed by atoms with Gasteiger partial charge in [-0.1, -0.05) is 18.2 Å². The minimum atomic E-state index is -3.50. The molecule has 3 rings (SSSR count). The van der Waals surface area contributed by atoms with E-state index in [2.05, 4.69) is 27.2 Å². The van der Waals surface area contributed by atoms with Gasteiger partial charge in [-0.15, -0.1) is 0 Å². The van der Waals surface area contributed by atoms with E-state index in [1.807, 2.05) is 18.2 Å². The SMILES string of the molecule is Cc1n[nH]c(C)c1S(=O)(=O)N1CCCN(c2ccccc2)CC1. The molecule has 0 unspecified atom stereocenters. The second-order valence-electron chi connectivity index (χ2n) is 5.84. The van der Waals surface area contributed by atoms with Crippen molar-refractivity contribution in [2.75, 3.05) is 31.1 Å². The average molecular weight is 334 g/mol. The summed E-state index contributed by atoms with van der Waals surface area (Å²) >= 11 is 0. The Morgan fingerprint density at radius 3 is 2.43 bits per heavy atom. The molecule has 2 aromatic rings. The molecule has 1 aliphatic heterocycles. The fourth-order valence-corrected chi connectivity index (χ4v) is 4.88. The lowest BCUT2D eigenvalue weighted by Crippen LogP contribution is -2.35. The Morgan fingerprint density at radius 2 is 1.78 bits per heavy atom. The third kappa shape index (κ3) is 3.11. The molecule has 23 heavy (non-hydrogen) atoms. The van der Waals surface area contributed by atoms with Crippen LogP contribution in [0.3, 0.4) is 0 Å².